The number of aromatic nitrogens is 1. The van der Waals surface area contributed by atoms with Gasteiger partial charge in [-0.2, -0.15) is 0 Å². The monoisotopic (exact) mass is 445 g/mol. The van der Waals surface area contributed by atoms with Gasteiger partial charge < -0.3 is 10.3 Å². The Bertz CT molecular complexity index is 1030. The van der Waals surface area contributed by atoms with Crippen LogP contribution in [0.4, 0.5) is 4.79 Å². The predicted octanol–water partition coefficient (Wildman–Crippen LogP) is 3.25. The van der Waals surface area contributed by atoms with E-state index in [2.05, 4.69) is 26.2 Å². The second-order valence-corrected chi connectivity index (χ2v) is 7.98. The van der Waals surface area contributed by atoms with Crippen molar-refractivity contribution in [3.05, 3.63) is 56.8 Å². The van der Waals surface area contributed by atoms with Gasteiger partial charge in [-0.25, -0.2) is 4.79 Å². The summed E-state index contributed by atoms with van der Waals surface area (Å²) in [7, 11) is 0. The zero-order valence-electron chi connectivity index (χ0n) is 16.0. The van der Waals surface area contributed by atoms with E-state index < -0.39 is 29.8 Å². The largest absolute Gasteiger partial charge is 0.355 e. The van der Waals surface area contributed by atoms with Gasteiger partial charge in [0.1, 0.15) is 5.54 Å². The number of hydrogen-bond acceptors (Lipinski definition) is 4. The summed E-state index contributed by atoms with van der Waals surface area (Å²) in [5, 5.41) is 2.68. The summed E-state index contributed by atoms with van der Waals surface area (Å²) in [6, 6.07) is 6.45. The summed E-state index contributed by atoms with van der Waals surface area (Å²) in [5.41, 5.74) is 1.16. The van der Waals surface area contributed by atoms with Crippen LogP contribution in [-0.2, 0) is 10.3 Å². The van der Waals surface area contributed by atoms with Crippen molar-refractivity contribution in [3.8, 4) is 0 Å². The lowest BCUT2D eigenvalue weighted by Crippen LogP contribution is -2.41. The number of aromatic amines is 1. The van der Waals surface area contributed by atoms with Crippen LogP contribution in [0.25, 0.3) is 0 Å². The minimum Gasteiger partial charge on any atom is -0.355 e. The maximum atomic E-state index is 13.0. The van der Waals surface area contributed by atoms with Crippen LogP contribution in [-0.4, -0.2) is 39.9 Å². The highest BCUT2D eigenvalue weighted by Gasteiger charge is 2.49. The number of H-pyrrole nitrogens is 1. The van der Waals surface area contributed by atoms with Crippen molar-refractivity contribution < 1.29 is 19.2 Å². The fourth-order valence-corrected chi connectivity index (χ4v) is 4.01. The topological polar surface area (TPSA) is 99.3 Å². The van der Waals surface area contributed by atoms with Crippen molar-refractivity contribution in [2.75, 3.05) is 6.54 Å². The van der Waals surface area contributed by atoms with E-state index in [9.17, 15) is 19.2 Å². The standard InChI is InChI=1S/C20H20BrN3O4/c1-10-16(12(3)25)11(2)22-17(10)15(26)9-24-18(27)20(4,23-19(24)28)13-6-5-7-14(21)8-13/h5-8,22H,9H2,1-4H3,(H,23,28)/t20-/m1/s1. The highest BCUT2D eigenvalue weighted by molar-refractivity contribution is 9.10. The molecule has 1 fully saturated rings. The third-order valence-corrected chi connectivity index (χ3v) is 5.54. The lowest BCUT2D eigenvalue weighted by Gasteiger charge is -2.22. The van der Waals surface area contributed by atoms with E-state index >= 15 is 0 Å². The molecule has 1 aromatic heterocycles. The first-order valence-electron chi connectivity index (χ1n) is 8.69. The van der Waals surface area contributed by atoms with Crippen LogP contribution >= 0.6 is 15.9 Å². The second kappa shape index (κ2) is 7.01. The molecule has 1 aliphatic rings. The van der Waals surface area contributed by atoms with Gasteiger partial charge in [0.25, 0.3) is 5.91 Å². The highest BCUT2D eigenvalue weighted by atomic mass is 79.9. The number of carbonyl (C=O) groups is 4. The van der Waals surface area contributed by atoms with E-state index in [1.165, 1.54) is 6.92 Å². The number of Topliss-reactive ketones (excluding diaryl/α,β-unsaturated/α-hetero) is 2. The summed E-state index contributed by atoms with van der Waals surface area (Å²) in [6.45, 7) is 6.01. The molecule has 1 aromatic carbocycles. The minimum absolute atomic E-state index is 0.150. The Balaban J connectivity index is 1.88. The van der Waals surface area contributed by atoms with Crippen LogP contribution < -0.4 is 5.32 Å². The molecule has 1 atom stereocenters. The average molecular weight is 446 g/mol. The van der Waals surface area contributed by atoms with Crippen LogP contribution in [0.15, 0.2) is 28.7 Å². The SMILES string of the molecule is CC(=O)c1c(C)[nH]c(C(=O)CN2C(=O)N[C@](C)(c3cccc(Br)c3)C2=O)c1C. The summed E-state index contributed by atoms with van der Waals surface area (Å²) < 4.78 is 0.775. The van der Waals surface area contributed by atoms with Crippen LogP contribution in [0.2, 0.25) is 0 Å². The molecule has 8 heteroatoms. The van der Waals surface area contributed by atoms with Crippen molar-refractivity contribution in [1.29, 1.82) is 0 Å². The van der Waals surface area contributed by atoms with Gasteiger partial charge in [0.05, 0.1) is 12.2 Å². The predicted molar refractivity (Wildman–Crippen MR) is 106 cm³/mol. The third kappa shape index (κ3) is 3.17. The van der Waals surface area contributed by atoms with Crippen LogP contribution in [0, 0.1) is 13.8 Å². The number of amides is 3. The van der Waals surface area contributed by atoms with Gasteiger partial charge in [0.15, 0.2) is 11.6 Å². The fourth-order valence-electron chi connectivity index (χ4n) is 3.62. The molecular formula is C20H20BrN3O4. The summed E-state index contributed by atoms with van der Waals surface area (Å²) in [6.07, 6.45) is 0. The van der Waals surface area contributed by atoms with Crippen molar-refractivity contribution in [1.82, 2.24) is 15.2 Å². The summed E-state index contributed by atoms with van der Waals surface area (Å²) in [5.74, 6) is -1.09. The molecule has 0 aliphatic carbocycles. The minimum atomic E-state index is -1.26. The molecule has 0 unspecified atom stereocenters. The lowest BCUT2D eigenvalue weighted by molar-refractivity contribution is -0.130. The van der Waals surface area contributed by atoms with Gasteiger partial charge in [-0.05, 0) is 51.0 Å². The molecule has 1 saturated heterocycles. The average Bonchev–Trinajstić information content (AvgIpc) is 3.03. The number of aryl methyl sites for hydroxylation is 1. The first-order chi connectivity index (χ1) is 13.1. The number of ketones is 2. The first-order valence-corrected chi connectivity index (χ1v) is 9.49. The molecule has 28 heavy (non-hydrogen) atoms. The van der Waals surface area contributed by atoms with E-state index in [0.717, 1.165) is 9.37 Å². The van der Waals surface area contributed by atoms with Gasteiger partial charge in [-0.3, -0.25) is 19.3 Å². The fraction of sp³-hybridized carbons (Fsp3) is 0.300. The third-order valence-electron chi connectivity index (χ3n) is 5.05. The molecule has 0 bridgehead atoms. The molecule has 2 N–H and O–H groups in total. The van der Waals surface area contributed by atoms with Crippen LogP contribution in [0.1, 0.15) is 51.5 Å². The molecule has 0 radical (unpaired) electrons. The maximum absolute atomic E-state index is 13.0. The zero-order valence-corrected chi connectivity index (χ0v) is 17.6. The molecule has 146 valence electrons. The molecule has 2 heterocycles. The Morgan fingerprint density at radius 2 is 1.89 bits per heavy atom. The molecule has 0 spiro atoms. The highest BCUT2D eigenvalue weighted by Crippen LogP contribution is 2.30. The van der Waals surface area contributed by atoms with E-state index in [0.29, 0.717) is 22.4 Å². The maximum Gasteiger partial charge on any atom is 0.325 e. The quantitative estimate of drug-likeness (QED) is 0.544. The number of nitrogens with one attached hydrogen (secondary N) is 2. The number of benzene rings is 1. The molecule has 2 aromatic rings. The smallest absolute Gasteiger partial charge is 0.325 e. The Morgan fingerprint density at radius 3 is 2.46 bits per heavy atom. The number of hydrogen-bond donors (Lipinski definition) is 2. The Kier molecular flexibility index (Phi) is 5.01. The van der Waals surface area contributed by atoms with E-state index in [1.54, 1.807) is 39.0 Å². The number of imide groups is 1. The van der Waals surface area contributed by atoms with Gasteiger partial charge in [0, 0.05) is 15.7 Å². The number of halogens is 1. The van der Waals surface area contributed by atoms with E-state index in [1.807, 2.05) is 6.07 Å². The van der Waals surface area contributed by atoms with Crippen molar-refractivity contribution in [2.24, 2.45) is 0 Å². The van der Waals surface area contributed by atoms with Gasteiger partial charge in [-0.1, -0.05) is 28.1 Å². The first kappa shape index (κ1) is 20.0. The van der Waals surface area contributed by atoms with E-state index in [4.69, 9.17) is 0 Å². The zero-order chi connectivity index (χ0) is 20.8. The number of urea groups is 1. The number of carbonyl (C=O) groups excluding carboxylic acids is 4. The molecule has 7 nitrogen and oxygen atoms in total. The lowest BCUT2D eigenvalue weighted by atomic mass is 9.92. The summed E-state index contributed by atoms with van der Waals surface area (Å²) in [4.78, 5) is 53.8. The molecule has 1 aliphatic heterocycles. The van der Waals surface area contributed by atoms with Crippen molar-refractivity contribution in [3.63, 3.8) is 0 Å². The Morgan fingerprint density at radius 1 is 1.21 bits per heavy atom. The van der Waals surface area contributed by atoms with Gasteiger partial charge in [-0.15, -0.1) is 0 Å². The van der Waals surface area contributed by atoms with Gasteiger partial charge >= 0.3 is 6.03 Å². The number of rotatable bonds is 5. The summed E-state index contributed by atoms with van der Waals surface area (Å²) >= 11 is 3.36. The Hall–Kier alpha value is -2.74. The molecule has 3 rings (SSSR count). The van der Waals surface area contributed by atoms with Crippen LogP contribution in [0.3, 0.4) is 0 Å². The molecular weight excluding hydrogens is 426 g/mol. The van der Waals surface area contributed by atoms with Crippen molar-refractivity contribution >= 4 is 39.4 Å². The number of nitrogens with zero attached hydrogens (tertiary/aromatic N) is 1. The Labute approximate surface area is 170 Å². The molecule has 0 saturated carbocycles. The van der Waals surface area contributed by atoms with Gasteiger partial charge in [0.2, 0.25) is 0 Å². The van der Waals surface area contributed by atoms with Crippen molar-refractivity contribution in [2.45, 2.75) is 33.2 Å². The van der Waals surface area contributed by atoms with E-state index in [-0.39, 0.29) is 11.5 Å². The normalized spacial score (nSPS) is 19.1. The molecule has 3 amide bonds. The van der Waals surface area contributed by atoms with Crippen LogP contribution in [0.5, 0.6) is 0 Å². The second-order valence-electron chi connectivity index (χ2n) is 7.06.